The van der Waals surface area contributed by atoms with Gasteiger partial charge in [-0.05, 0) is 36.2 Å². The topological polar surface area (TPSA) is 55.1 Å². The standard InChI is InChI=1S/C12H19BrN2O2/c1-4-6-9(12(16)17)7-10-11(13)8(3)14-15(10)5-2/h9H,4-7H2,1-3H3,(H,16,17). The monoisotopic (exact) mass is 302 g/mol. The summed E-state index contributed by atoms with van der Waals surface area (Å²) in [6, 6.07) is 0. The zero-order chi connectivity index (χ0) is 13.0. The van der Waals surface area contributed by atoms with Crippen LogP contribution < -0.4 is 0 Å². The molecule has 17 heavy (non-hydrogen) atoms. The lowest BCUT2D eigenvalue weighted by molar-refractivity contribution is -0.142. The summed E-state index contributed by atoms with van der Waals surface area (Å²) in [5.41, 5.74) is 1.91. The van der Waals surface area contributed by atoms with Gasteiger partial charge in [0.05, 0.1) is 21.8 Å². The number of hydrogen-bond acceptors (Lipinski definition) is 2. The lowest BCUT2D eigenvalue weighted by Crippen LogP contribution is -2.18. The molecule has 0 aliphatic carbocycles. The average molecular weight is 303 g/mol. The molecule has 1 heterocycles. The van der Waals surface area contributed by atoms with Crippen LogP contribution in [0.2, 0.25) is 0 Å². The van der Waals surface area contributed by atoms with E-state index in [0.717, 1.165) is 28.8 Å². The highest BCUT2D eigenvalue weighted by Crippen LogP contribution is 2.25. The first-order chi connectivity index (χ1) is 8.01. The van der Waals surface area contributed by atoms with E-state index in [4.69, 9.17) is 0 Å². The van der Waals surface area contributed by atoms with Gasteiger partial charge in [0.25, 0.3) is 0 Å². The Labute approximate surface area is 110 Å². The molecule has 0 fully saturated rings. The number of carbonyl (C=O) groups is 1. The summed E-state index contributed by atoms with van der Waals surface area (Å²) in [6.45, 7) is 6.71. The molecule has 0 amide bonds. The van der Waals surface area contributed by atoms with Gasteiger partial charge in [0.15, 0.2) is 0 Å². The second kappa shape index (κ2) is 6.19. The Kier molecular flexibility index (Phi) is 5.18. The molecule has 96 valence electrons. The predicted molar refractivity (Wildman–Crippen MR) is 70.1 cm³/mol. The summed E-state index contributed by atoms with van der Waals surface area (Å²) in [5, 5.41) is 13.6. The molecule has 1 rings (SSSR count). The number of carboxylic acid groups (broad SMARTS) is 1. The first-order valence-electron chi connectivity index (χ1n) is 5.95. The van der Waals surface area contributed by atoms with Crippen molar-refractivity contribution < 1.29 is 9.90 Å². The molecule has 0 spiro atoms. The van der Waals surface area contributed by atoms with Crippen LogP contribution in [-0.4, -0.2) is 20.9 Å². The zero-order valence-corrected chi connectivity index (χ0v) is 12.1. The van der Waals surface area contributed by atoms with E-state index >= 15 is 0 Å². The number of rotatable bonds is 6. The minimum Gasteiger partial charge on any atom is -0.481 e. The minimum atomic E-state index is -0.722. The van der Waals surface area contributed by atoms with Crippen molar-refractivity contribution in [1.29, 1.82) is 0 Å². The van der Waals surface area contributed by atoms with Crippen LogP contribution in [0.25, 0.3) is 0 Å². The lowest BCUT2D eigenvalue weighted by Gasteiger charge is -2.12. The van der Waals surface area contributed by atoms with Crippen LogP contribution in [0.4, 0.5) is 0 Å². The van der Waals surface area contributed by atoms with Crippen LogP contribution in [-0.2, 0) is 17.8 Å². The quantitative estimate of drug-likeness (QED) is 0.879. The van der Waals surface area contributed by atoms with Gasteiger partial charge in [-0.25, -0.2) is 0 Å². The van der Waals surface area contributed by atoms with E-state index in [2.05, 4.69) is 21.0 Å². The SMILES string of the molecule is CCCC(Cc1c(Br)c(C)nn1CC)C(=O)O. The summed E-state index contributed by atoms with van der Waals surface area (Å²) in [5.74, 6) is -1.04. The largest absolute Gasteiger partial charge is 0.481 e. The Morgan fingerprint density at radius 3 is 2.65 bits per heavy atom. The highest BCUT2D eigenvalue weighted by molar-refractivity contribution is 9.10. The van der Waals surface area contributed by atoms with Crippen molar-refractivity contribution >= 4 is 21.9 Å². The lowest BCUT2D eigenvalue weighted by atomic mass is 9.98. The molecule has 0 aromatic carbocycles. The van der Waals surface area contributed by atoms with E-state index in [9.17, 15) is 9.90 Å². The van der Waals surface area contributed by atoms with Crippen LogP contribution in [0.5, 0.6) is 0 Å². The van der Waals surface area contributed by atoms with Gasteiger partial charge >= 0.3 is 5.97 Å². The predicted octanol–water partition coefficient (Wildman–Crippen LogP) is 3.02. The van der Waals surface area contributed by atoms with Gasteiger partial charge in [0.2, 0.25) is 0 Å². The molecule has 1 unspecified atom stereocenters. The number of aliphatic carboxylic acids is 1. The van der Waals surface area contributed by atoms with E-state index in [1.165, 1.54) is 0 Å². The fourth-order valence-electron chi connectivity index (χ4n) is 1.96. The molecule has 5 heteroatoms. The molecule has 0 aliphatic rings. The third kappa shape index (κ3) is 3.31. The molecule has 1 aromatic rings. The van der Waals surface area contributed by atoms with Crippen molar-refractivity contribution in [3.05, 3.63) is 15.9 Å². The Bertz CT molecular complexity index is 401. The van der Waals surface area contributed by atoms with E-state index in [1.807, 2.05) is 25.5 Å². The van der Waals surface area contributed by atoms with Crippen molar-refractivity contribution in [3.8, 4) is 0 Å². The Balaban J connectivity index is 2.95. The second-order valence-electron chi connectivity index (χ2n) is 4.19. The molecule has 1 N–H and O–H groups in total. The summed E-state index contributed by atoms with van der Waals surface area (Å²) in [4.78, 5) is 11.2. The van der Waals surface area contributed by atoms with Crippen molar-refractivity contribution in [3.63, 3.8) is 0 Å². The molecule has 0 saturated heterocycles. The summed E-state index contributed by atoms with van der Waals surface area (Å²) < 4.78 is 2.83. The van der Waals surface area contributed by atoms with Crippen molar-refractivity contribution in [2.45, 2.75) is 46.6 Å². The van der Waals surface area contributed by atoms with E-state index in [1.54, 1.807) is 0 Å². The Morgan fingerprint density at radius 2 is 2.18 bits per heavy atom. The smallest absolute Gasteiger partial charge is 0.306 e. The third-order valence-electron chi connectivity index (χ3n) is 2.88. The van der Waals surface area contributed by atoms with Crippen molar-refractivity contribution in [2.75, 3.05) is 0 Å². The molecular formula is C12H19BrN2O2. The molecular weight excluding hydrogens is 284 g/mol. The van der Waals surface area contributed by atoms with Crippen LogP contribution >= 0.6 is 15.9 Å². The van der Waals surface area contributed by atoms with Crippen molar-refractivity contribution in [1.82, 2.24) is 9.78 Å². The summed E-state index contributed by atoms with van der Waals surface area (Å²) >= 11 is 3.49. The van der Waals surface area contributed by atoms with Gasteiger partial charge in [-0.3, -0.25) is 9.48 Å². The Morgan fingerprint density at radius 1 is 1.53 bits per heavy atom. The first kappa shape index (κ1) is 14.2. The van der Waals surface area contributed by atoms with E-state index < -0.39 is 5.97 Å². The number of aromatic nitrogens is 2. The fraction of sp³-hybridized carbons (Fsp3) is 0.667. The van der Waals surface area contributed by atoms with Crippen LogP contribution in [0.1, 0.15) is 38.1 Å². The molecule has 0 radical (unpaired) electrons. The highest BCUT2D eigenvalue weighted by Gasteiger charge is 2.22. The number of aryl methyl sites for hydroxylation is 2. The van der Waals surface area contributed by atoms with Gasteiger partial charge in [0.1, 0.15) is 0 Å². The second-order valence-corrected chi connectivity index (χ2v) is 4.98. The zero-order valence-electron chi connectivity index (χ0n) is 10.5. The Hall–Kier alpha value is -0.840. The first-order valence-corrected chi connectivity index (χ1v) is 6.75. The molecule has 0 aliphatic heterocycles. The van der Waals surface area contributed by atoms with E-state index in [0.29, 0.717) is 12.8 Å². The maximum atomic E-state index is 11.2. The molecule has 0 bridgehead atoms. The van der Waals surface area contributed by atoms with Gasteiger partial charge < -0.3 is 5.11 Å². The molecule has 0 saturated carbocycles. The maximum absolute atomic E-state index is 11.2. The summed E-state index contributed by atoms with van der Waals surface area (Å²) in [7, 11) is 0. The molecule has 1 aromatic heterocycles. The average Bonchev–Trinajstić information content (AvgIpc) is 2.55. The number of nitrogens with zero attached hydrogens (tertiary/aromatic N) is 2. The highest BCUT2D eigenvalue weighted by atomic mass is 79.9. The third-order valence-corrected chi connectivity index (χ3v) is 3.91. The minimum absolute atomic E-state index is 0.322. The van der Waals surface area contributed by atoms with Gasteiger partial charge in [-0.15, -0.1) is 0 Å². The van der Waals surface area contributed by atoms with Gasteiger partial charge in [0, 0.05) is 13.0 Å². The van der Waals surface area contributed by atoms with Gasteiger partial charge in [-0.2, -0.15) is 5.10 Å². The number of carboxylic acids is 1. The van der Waals surface area contributed by atoms with Crippen LogP contribution in [0.3, 0.4) is 0 Å². The number of hydrogen-bond donors (Lipinski definition) is 1. The van der Waals surface area contributed by atoms with Gasteiger partial charge in [-0.1, -0.05) is 13.3 Å². The fourth-order valence-corrected chi connectivity index (χ4v) is 2.40. The van der Waals surface area contributed by atoms with Crippen molar-refractivity contribution in [2.24, 2.45) is 5.92 Å². The van der Waals surface area contributed by atoms with Crippen LogP contribution in [0.15, 0.2) is 4.47 Å². The molecule has 4 nitrogen and oxygen atoms in total. The van der Waals surface area contributed by atoms with E-state index in [-0.39, 0.29) is 5.92 Å². The normalized spacial score (nSPS) is 12.7. The van der Waals surface area contributed by atoms with Crippen LogP contribution in [0, 0.1) is 12.8 Å². The number of halogens is 1. The summed E-state index contributed by atoms with van der Waals surface area (Å²) in [6.07, 6.45) is 2.13. The molecule has 1 atom stereocenters. The maximum Gasteiger partial charge on any atom is 0.306 e.